The van der Waals surface area contributed by atoms with Gasteiger partial charge < -0.3 is 15.0 Å². The van der Waals surface area contributed by atoms with Gasteiger partial charge in [-0.25, -0.2) is 0 Å². The minimum atomic E-state index is -1.38. The lowest BCUT2D eigenvalue weighted by atomic mass is 10.0. The summed E-state index contributed by atoms with van der Waals surface area (Å²) in [6, 6.07) is 4.23. The van der Waals surface area contributed by atoms with Gasteiger partial charge in [0.15, 0.2) is 5.78 Å². The molecule has 1 aromatic rings. The van der Waals surface area contributed by atoms with Crippen LogP contribution in [0.3, 0.4) is 0 Å². The first kappa shape index (κ1) is 12.4. The molecule has 16 heavy (non-hydrogen) atoms. The number of carbonyl (C=O) groups is 2. The van der Waals surface area contributed by atoms with E-state index < -0.39 is 5.97 Å². The number of benzene rings is 1. The summed E-state index contributed by atoms with van der Waals surface area (Å²) >= 11 is 0. The molecule has 0 heterocycles. The molecule has 1 rings (SSSR count). The molecular formula is C12H13O4-. The molecular weight excluding hydrogens is 208 g/mol. The second kappa shape index (κ2) is 5.42. The molecule has 0 bridgehead atoms. The van der Waals surface area contributed by atoms with E-state index in [0.717, 1.165) is 0 Å². The number of aromatic carboxylic acids is 1. The van der Waals surface area contributed by atoms with Gasteiger partial charge in [-0.3, -0.25) is 4.79 Å². The van der Waals surface area contributed by atoms with Crippen molar-refractivity contribution in [3.63, 3.8) is 0 Å². The number of carbonyl (C=O) groups excluding carboxylic acids is 2. The molecule has 1 aromatic carbocycles. The predicted octanol–water partition coefficient (Wildman–Crippen LogP) is 0.525. The number of aliphatic hydroxyl groups is 1. The summed E-state index contributed by atoms with van der Waals surface area (Å²) in [5.41, 5.74) is 0.482. The van der Waals surface area contributed by atoms with Crippen LogP contribution >= 0.6 is 0 Å². The molecule has 0 aromatic heterocycles. The van der Waals surface area contributed by atoms with E-state index in [2.05, 4.69) is 0 Å². The molecule has 4 nitrogen and oxygen atoms in total. The molecule has 4 heteroatoms. The highest BCUT2D eigenvalue weighted by Crippen LogP contribution is 2.14. The Hall–Kier alpha value is -1.68. The Morgan fingerprint density at radius 1 is 1.38 bits per heavy atom. The SMILES string of the molecule is CCCC(=O)c1ccc(CO)c(C(=O)[O-])c1. The molecule has 0 amide bonds. The molecule has 0 saturated carbocycles. The van der Waals surface area contributed by atoms with Crippen molar-refractivity contribution in [1.29, 1.82) is 0 Å². The zero-order chi connectivity index (χ0) is 12.1. The van der Waals surface area contributed by atoms with E-state index in [4.69, 9.17) is 5.11 Å². The Labute approximate surface area is 93.5 Å². The number of Topliss-reactive ketones (excluding diaryl/α,β-unsaturated/α-hetero) is 1. The third kappa shape index (κ3) is 2.67. The third-order valence-electron chi connectivity index (χ3n) is 2.30. The Kier molecular flexibility index (Phi) is 4.19. The number of rotatable bonds is 5. The van der Waals surface area contributed by atoms with Crippen LogP contribution in [0, 0.1) is 0 Å². The average molecular weight is 221 g/mol. The van der Waals surface area contributed by atoms with Gasteiger partial charge in [0.25, 0.3) is 0 Å². The van der Waals surface area contributed by atoms with E-state index in [9.17, 15) is 14.7 Å². The molecule has 0 aliphatic carbocycles. The summed E-state index contributed by atoms with van der Waals surface area (Å²) < 4.78 is 0. The highest BCUT2D eigenvalue weighted by Gasteiger charge is 2.09. The van der Waals surface area contributed by atoms with Crippen molar-refractivity contribution in [3.05, 3.63) is 34.9 Å². The summed E-state index contributed by atoms with van der Waals surface area (Å²) in [7, 11) is 0. The lowest BCUT2D eigenvalue weighted by molar-refractivity contribution is -0.255. The second-order valence-electron chi connectivity index (χ2n) is 3.49. The van der Waals surface area contributed by atoms with Crippen LogP contribution in [0.1, 0.15) is 46.0 Å². The van der Waals surface area contributed by atoms with Gasteiger partial charge in [0.05, 0.1) is 12.6 Å². The van der Waals surface area contributed by atoms with E-state index in [1.165, 1.54) is 18.2 Å². The Balaban J connectivity index is 3.11. The van der Waals surface area contributed by atoms with E-state index >= 15 is 0 Å². The average Bonchev–Trinajstić information content (AvgIpc) is 2.28. The maximum Gasteiger partial charge on any atom is 0.162 e. The molecule has 0 fully saturated rings. The third-order valence-corrected chi connectivity index (χ3v) is 2.30. The highest BCUT2D eigenvalue weighted by atomic mass is 16.4. The van der Waals surface area contributed by atoms with Gasteiger partial charge >= 0.3 is 0 Å². The molecule has 0 aliphatic heterocycles. The van der Waals surface area contributed by atoms with Crippen molar-refractivity contribution in [3.8, 4) is 0 Å². The first-order valence-electron chi connectivity index (χ1n) is 5.08. The van der Waals surface area contributed by atoms with E-state index in [1.807, 2.05) is 6.92 Å². The zero-order valence-electron chi connectivity index (χ0n) is 9.03. The highest BCUT2D eigenvalue weighted by molar-refractivity contribution is 5.99. The van der Waals surface area contributed by atoms with Crippen LogP contribution in [0.25, 0.3) is 0 Å². The van der Waals surface area contributed by atoms with Gasteiger partial charge in [-0.2, -0.15) is 0 Å². The summed E-state index contributed by atoms with van der Waals surface area (Å²) in [5, 5.41) is 19.7. The van der Waals surface area contributed by atoms with Crippen molar-refractivity contribution in [2.24, 2.45) is 0 Å². The van der Waals surface area contributed by atoms with Crippen LogP contribution in [0.15, 0.2) is 18.2 Å². The maximum atomic E-state index is 11.5. The normalized spacial score (nSPS) is 10.1. The van der Waals surface area contributed by atoms with Gasteiger partial charge in [-0.05, 0) is 18.1 Å². The van der Waals surface area contributed by atoms with E-state index in [-0.39, 0.29) is 23.5 Å². The fourth-order valence-corrected chi connectivity index (χ4v) is 1.45. The largest absolute Gasteiger partial charge is 0.545 e. The van der Waals surface area contributed by atoms with Gasteiger partial charge in [0, 0.05) is 17.5 Å². The molecule has 0 unspecified atom stereocenters. The first-order chi connectivity index (χ1) is 7.60. The van der Waals surface area contributed by atoms with Crippen molar-refractivity contribution in [1.82, 2.24) is 0 Å². The lowest BCUT2D eigenvalue weighted by Gasteiger charge is -2.10. The molecule has 0 radical (unpaired) electrons. The number of carboxylic acids is 1. The van der Waals surface area contributed by atoms with Crippen LogP contribution in [-0.2, 0) is 6.61 Å². The van der Waals surface area contributed by atoms with Crippen LogP contribution in [0.4, 0.5) is 0 Å². The Morgan fingerprint density at radius 3 is 2.56 bits per heavy atom. The fraction of sp³-hybridized carbons (Fsp3) is 0.333. The maximum absolute atomic E-state index is 11.5. The first-order valence-corrected chi connectivity index (χ1v) is 5.08. The van der Waals surface area contributed by atoms with Crippen molar-refractivity contribution in [2.45, 2.75) is 26.4 Å². The Morgan fingerprint density at radius 2 is 2.06 bits per heavy atom. The second-order valence-corrected chi connectivity index (χ2v) is 3.49. The van der Waals surface area contributed by atoms with E-state index in [1.54, 1.807) is 0 Å². The van der Waals surface area contributed by atoms with E-state index in [0.29, 0.717) is 18.4 Å². The monoisotopic (exact) mass is 221 g/mol. The number of ketones is 1. The summed E-state index contributed by atoms with van der Waals surface area (Å²) in [6.07, 6.45) is 1.09. The molecule has 86 valence electrons. The smallest absolute Gasteiger partial charge is 0.162 e. The minimum absolute atomic E-state index is 0.102. The summed E-state index contributed by atoms with van der Waals surface area (Å²) in [6.45, 7) is 1.49. The number of hydrogen-bond acceptors (Lipinski definition) is 4. The predicted molar refractivity (Wildman–Crippen MR) is 55.9 cm³/mol. The molecule has 0 saturated heterocycles. The van der Waals surface area contributed by atoms with Gasteiger partial charge in [-0.1, -0.05) is 19.1 Å². The fourth-order valence-electron chi connectivity index (χ4n) is 1.45. The zero-order valence-corrected chi connectivity index (χ0v) is 9.03. The summed E-state index contributed by atoms with van der Waals surface area (Å²) in [5.74, 6) is -1.48. The minimum Gasteiger partial charge on any atom is -0.545 e. The standard InChI is InChI=1S/C12H14O4/c1-2-3-11(14)8-4-5-9(7-13)10(6-8)12(15)16/h4-6,13H,2-3,7H2,1H3,(H,15,16)/p-1. The Bertz CT molecular complexity index is 409. The topological polar surface area (TPSA) is 77.4 Å². The molecule has 0 aliphatic rings. The van der Waals surface area contributed by atoms with Crippen LogP contribution in [0.2, 0.25) is 0 Å². The summed E-state index contributed by atoms with van der Waals surface area (Å²) in [4.78, 5) is 22.3. The van der Waals surface area contributed by atoms with Gasteiger partial charge in [0.2, 0.25) is 0 Å². The van der Waals surface area contributed by atoms with Crippen molar-refractivity contribution >= 4 is 11.8 Å². The van der Waals surface area contributed by atoms with Gasteiger partial charge in [-0.15, -0.1) is 0 Å². The molecule has 0 spiro atoms. The number of aliphatic hydroxyl groups excluding tert-OH is 1. The lowest BCUT2D eigenvalue weighted by Crippen LogP contribution is -2.24. The number of carboxylic acid groups (broad SMARTS) is 1. The molecule has 1 N–H and O–H groups in total. The van der Waals surface area contributed by atoms with Crippen LogP contribution < -0.4 is 5.11 Å². The quantitative estimate of drug-likeness (QED) is 0.735. The van der Waals surface area contributed by atoms with Gasteiger partial charge in [0.1, 0.15) is 0 Å². The van der Waals surface area contributed by atoms with Crippen LogP contribution in [-0.4, -0.2) is 16.9 Å². The van der Waals surface area contributed by atoms with Crippen molar-refractivity contribution in [2.75, 3.05) is 0 Å². The van der Waals surface area contributed by atoms with Crippen LogP contribution in [0.5, 0.6) is 0 Å². The molecule has 0 atom stereocenters. The van der Waals surface area contributed by atoms with Crippen molar-refractivity contribution < 1.29 is 19.8 Å². The number of hydrogen-bond donors (Lipinski definition) is 1.